The zero-order chi connectivity index (χ0) is 15.0. The third kappa shape index (κ3) is 2.44. The number of thiophene rings is 1. The molecule has 0 radical (unpaired) electrons. The van der Waals surface area contributed by atoms with Gasteiger partial charge in [0.2, 0.25) is 0 Å². The number of hydrogen-bond donors (Lipinski definition) is 2. The third-order valence-corrected chi connectivity index (χ3v) is 4.56. The van der Waals surface area contributed by atoms with Gasteiger partial charge in [0, 0.05) is 16.3 Å². The molecule has 0 aliphatic heterocycles. The maximum absolute atomic E-state index is 14.1. The van der Waals surface area contributed by atoms with Gasteiger partial charge in [-0.2, -0.15) is 0 Å². The number of nitrogens with two attached hydrogens (primary N) is 1. The summed E-state index contributed by atoms with van der Waals surface area (Å²) >= 11 is 1.57. The van der Waals surface area contributed by atoms with Gasteiger partial charge in [-0.15, -0.1) is 11.3 Å². The van der Waals surface area contributed by atoms with Gasteiger partial charge in [0.15, 0.2) is 0 Å². The first-order valence-corrected chi connectivity index (χ1v) is 7.37. The van der Waals surface area contributed by atoms with Crippen molar-refractivity contribution in [1.29, 1.82) is 0 Å². The molecule has 0 aliphatic carbocycles. The first-order valence-electron chi connectivity index (χ1n) is 6.49. The lowest BCUT2D eigenvalue weighted by Crippen LogP contribution is -2.29. The first kappa shape index (κ1) is 14.1. The molecule has 108 valence electrons. The van der Waals surface area contributed by atoms with Crippen molar-refractivity contribution in [3.05, 3.63) is 70.1 Å². The number of hydrazine groups is 1. The highest BCUT2D eigenvalue weighted by Gasteiger charge is 2.20. The van der Waals surface area contributed by atoms with Crippen LogP contribution in [0, 0.1) is 18.6 Å². The minimum atomic E-state index is -0.602. The average molecular weight is 304 g/mol. The molecule has 0 bridgehead atoms. The van der Waals surface area contributed by atoms with E-state index in [4.69, 9.17) is 5.84 Å². The van der Waals surface area contributed by atoms with Gasteiger partial charge >= 0.3 is 0 Å². The van der Waals surface area contributed by atoms with Gasteiger partial charge in [0.05, 0.1) is 6.04 Å². The Labute approximate surface area is 125 Å². The van der Waals surface area contributed by atoms with Gasteiger partial charge in [-0.05, 0) is 40.9 Å². The van der Waals surface area contributed by atoms with Crippen LogP contribution in [0.2, 0.25) is 0 Å². The summed E-state index contributed by atoms with van der Waals surface area (Å²) < 4.78 is 28.6. The summed E-state index contributed by atoms with van der Waals surface area (Å²) in [6.45, 7) is 1.61. The molecule has 3 N–H and O–H groups in total. The predicted molar refractivity (Wildman–Crippen MR) is 82.1 cm³/mol. The van der Waals surface area contributed by atoms with Crippen molar-refractivity contribution in [2.24, 2.45) is 5.84 Å². The second-order valence-electron chi connectivity index (χ2n) is 4.91. The van der Waals surface area contributed by atoms with Gasteiger partial charge in [0.1, 0.15) is 11.6 Å². The van der Waals surface area contributed by atoms with E-state index < -0.39 is 17.7 Å². The van der Waals surface area contributed by atoms with Crippen LogP contribution < -0.4 is 11.3 Å². The summed E-state index contributed by atoms with van der Waals surface area (Å²) in [5, 5.41) is 3.06. The first-order chi connectivity index (χ1) is 10.1. The maximum atomic E-state index is 14.1. The van der Waals surface area contributed by atoms with E-state index in [-0.39, 0.29) is 0 Å². The van der Waals surface area contributed by atoms with Crippen LogP contribution in [0.3, 0.4) is 0 Å². The maximum Gasteiger partial charge on any atom is 0.131 e. The molecule has 0 fully saturated rings. The van der Waals surface area contributed by atoms with E-state index in [2.05, 4.69) is 5.43 Å². The lowest BCUT2D eigenvalue weighted by Gasteiger charge is -2.19. The molecule has 21 heavy (non-hydrogen) atoms. The molecule has 0 aliphatic rings. The minimum Gasteiger partial charge on any atom is -0.271 e. The number of rotatable bonds is 3. The van der Waals surface area contributed by atoms with Crippen molar-refractivity contribution in [1.82, 2.24) is 5.43 Å². The van der Waals surface area contributed by atoms with E-state index in [1.54, 1.807) is 18.3 Å². The average Bonchev–Trinajstić information content (AvgIpc) is 2.94. The Morgan fingerprint density at radius 3 is 2.67 bits per heavy atom. The second kappa shape index (κ2) is 5.52. The van der Waals surface area contributed by atoms with Gasteiger partial charge in [-0.25, -0.2) is 14.2 Å². The third-order valence-electron chi connectivity index (χ3n) is 3.58. The van der Waals surface area contributed by atoms with Crippen molar-refractivity contribution < 1.29 is 8.78 Å². The second-order valence-corrected chi connectivity index (χ2v) is 5.82. The Hall–Kier alpha value is -1.82. The normalized spacial score (nSPS) is 12.8. The van der Waals surface area contributed by atoms with Gasteiger partial charge in [-0.3, -0.25) is 5.84 Å². The van der Waals surface area contributed by atoms with E-state index in [1.807, 2.05) is 29.6 Å². The molecule has 0 saturated heterocycles. The molecule has 5 heteroatoms. The lowest BCUT2D eigenvalue weighted by atomic mass is 9.96. The Morgan fingerprint density at radius 1 is 1.10 bits per heavy atom. The monoisotopic (exact) mass is 304 g/mol. The topological polar surface area (TPSA) is 38.0 Å². The van der Waals surface area contributed by atoms with Crippen LogP contribution in [0.25, 0.3) is 10.1 Å². The predicted octanol–water partition coefficient (Wildman–Crippen LogP) is 4.04. The Kier molecular flexibility index (Phi) is 3.71. The summed E-state index contributed by atoms with van der Waals surface area (Å²) in [6, 6.07) is 9.69. The molecule has 2 nitrogen and oxygen atoms in total. The molecule has 3 rings (SSSR count). The molecule has 1 aromatic heterocycles. The highest BCUT2D eigenvalue weighted by molar-refractivity contribution is 7.17. The fourth-order valence-electron chi connectivity index (χ4n) is 2.49. The van der Waals surface area contributed by atoms with Crippen molar-refractivity contribution in [2.45, 2.75) is 13.0 Å². The van der Waals surface area contributed by atoms with E-state index in [1.165, 1.54) is 6.07 Å². The smallest absolute Gasteiger partial charge is 0.131 e. The van der Waals surface area contributed by atoms with Crippen LogP contribution in [0.1, 0.15) is 22.7 Å². The van der Waals surface area contributed by atoms with Crippen LogP contribution in [0.15, 0.2) is 41.8 Å². The number of benzene rings is 2. The fourth-order valence-corrected chi connectivity index (χ4v) is 3.44. The highest BCUT2D eigenvalue weighted by Crippen LogP contribution is 2.33. The molecule has 1 unspecified atom stereocenters. The van der Waals surface area contributed by atoms with Crippen LogP contribution in [-0.4, -0.2) is 0 Å². The lowest BCUT2D eigenvalue weighted by molar-refractivity contribution is 0.539. The molecule has 2 aromatic carbocycles. The van der Waals surface area contributed by atoms with Gasteiger partial charge in [-0.1, -0.05) is 18.2 Å². The number of aryl methyl sites for hydroxylation is 1. The van der Waals surface area contributed by atoms with E-state index in [0.717, 1.165) is 21.7 Å². The molecule has 1 atom stereocenters. The standard InChI is InChI=1S/C16H14F2N2S/c1-9-7-12(14(18)8-13(9)17)15(20-19)11-4-2-3-10-5-6-21-16(10)11/h2-8,15,20H,19H2,1H3. The van der Waals surface area contributed by atoms with Crippen molar-refractivity contribution in [2.75, 3.05) is 0 Å². The van der Waals surface area contributed by atoms with E-state index in [9.17, 15) is 8.78 Å². The highest BCUT2D eigenvalue weighted by atomic mass is 32.1. The van der Waals surface area contributed by atoms with Crippen molar-refractivity contribution >= 4 is 21.4 Å². The largest absolute Gasteiger partial charge is 0.271 e. The summed E-state index contributed by atoms with van der Waals surface area (Å²) in [7, 11) is 0. The molecule has 0 saturated carbocycles. The zero-order valence-electron chi connectivity index (χ0n) is 11.4. The molecule has 1 heterocycles. The van der Waals surface area contributed by atoms with E-state index >= 15 is 0 Å². The number of halogens is 2. The number of nitrogens with one attached hydrogen (secondary N) is 1. The molecule has 0 spiro atoms. The molecule has 3 aromatic rings. The van der Waals surface area contributed by atoms with Crippen molar-refractivity contribution in [3.8, 4) is 0 Å². The fraction of sp³-hybridized carbons (Fsp3) is 0.125. The Morgan fingerprint density at radius 2 is 1.90 bits per heavy atom. The van der Waals surface area contributed by atoms with Gasteiger partial charge < -0.3 is 0 Å². The van der Waals surface area contributed by atoms with E-state index in [0.29, 0.717) is 11.1 Å². The number of hydrogen-bond acceptors (Lipinski definition) is 3. The zero-order valence-corrected chi connectivity index (χ0v) is 12.2. The molecule has 0 amide bonds. The quantitative estimate of drug-likeness (QED) is 0.566. The summed E-state index contributed by atoms with van der Waals surface area (Å²) in [4.78, 5) is 0. The summed E-state index contributed by atoms with van der Waals surface area (Å²) in [5.74, 6) is 4.49. The molecular weight excluding hydrogens is 290 g/mol. The van der Waals surface area contributed by atoms with Crippen LogP contribution in [0.4, 0.5) is 8.78 Å². The van der Waals surface area contributed by atoms with Crippen LogP contribution in [0.5, 0.6) is 0 Å². The molecular formula is C16H14F2N2S. The summed E-state index contributed by atoms with van der Waals surface area (Å²) in [5.41, 5.74) is 4.27. The Bertz CT molecular complexity index is 798. The van der Waals surface area contributed by atoms with Crippen molar-refractivity contribution in [3.63, 3.8) is 0 Å². The number of fused-ring (bicyclic) bond motifs is 1. The van der Waals surface area contributed by atoms with Crippen LogP contribution >= 0.6 is 11.3 Å². The SMILES string of the molecule is Cc1cc(C(NN)c2cccc3ccsc23)c(F)cc1F. The van der Waals surface area contributed by atoms with Crippen LogP contribution in [-0.2, 0) is 0 Å². The van der Waals surface area contributed by atoms with Gasteiger partial charge in [0.25, 0.3) is 0 Å². The summed E-state index contributed by atoms with van der Waals surface area (Å²) in [6.07, 6.45) is 0. The minimum absolute atomic E-state index is 0.345. The Balaban J connectivity index is 2.19.